The minimum Gasteiger partial charge on any atom is -0.312 e. The highest BCUT2D eigenvalue weighted by atomic mass is 15.1. The van der Waals surface area contributed by atoms with Crippen LogP contribution in [0.1, 0.15) is 40.5 Å². The van der Waals surface area contributed by atoms with Crippen molar-refractivity contribution < 1.29 is 0 Å². The van der Waals surface area contributed by atoms with Crippen LogP contribution in [0.4, 0.5) is 0 Å². The molecule has 0 aromatic heterocycles. The van der Waals surface area contributed by atoms with Crippen LogP contribution in [0.25, 0.3) is 0 Å². The second kappa shape index (κ2) is 5.10. The average Bonchev–Trinajstić information content (AvgIpc) is 2.82. The number of nitrogens with one attached hydrogen (secondary N) is 2. The van der Waals surface area contributed by atoms with Gasteiger partial charge in [0.1, 0.15) is 0 Å². The van der Waals surface area contributed by atoms with Crippen LogP contribution >= 0.6 is 0 Å². The number of hydrogen-bond donors (Lipinski definition) is 2. The Kier molecular flexibility index (Phi) is 4.05. The van der Waals surface area contributed by atoms with E-state index >= 15 is 0 Å². The number of likely N-dealkylation sites (tertiary alicyclic amines) is 1. The molecule has 0 aromatic rings. The van der Waals surface area contributed by atoms with Crippen molar-refractivity contribution in [1.29, 1.82) is 0 Å². The van der Waals surface area contributed by atoms with Crippen molar-refractivity contribution in [2.45, 2.75) is 52.1 Å². The van der Waals surface area contributed by atoms with Crippen LogP contribution in [0.3, 0.4) is 0 Å². The molecule has 2 N–H and O–H groups in total. The normalized spacial score (nSPS) is 33.2. The van der Waals surface area contributed by atoms with Crippen molar-refractivity contribution in [3.63, 3.8) is 0 Å². The topological polar surface area (TPSA) is 27.3 Å². The van der Waals surface area contributed by atoms with Gasteiger partial charge in [0.15, 0.2) is 0 Å². The van der Waals surface area contributed by atoms with E-state index in [0.717, 1.165) is 19.0 Å². The van der Waals surface area contributed by atoms with E-state index in [1.165, 1.54) is 25.9 Å². The first kappa shape index (κ1) is 14.3. The molecule has 2 saturated heterocycles. The first-order chi connectivity index (χ1) is 8.28. The van der Waals surface area contributed by atoms with Crippen LogP contribution in [-0.4, -0.2) is 49.7 Å². The molecule has 2 aliphatic heterocycles. The summed E-state index contributed by atoms with van der Waals surface area (Å²) in [6.07, 6.45) is 2.60. The summed E-state index contributed by atoms with van der Waals surface area (Å²) in [6, 6.07) is 0.651. The standard InChI is InChI=1S/C15H31N3/c1-14(2,12-6-7-18(5)10-12)11-16-13-8-15(3,4)17-9-13/h12-13,16-17H,6-11H2,1-5H3. The summed E-state index contributed by atoms with van der Waals surface area (Å²) >= 11 is 0. The molecule has 2 fully saturated rings. The number of hydrogen-bond acceptors (Lipinski definition) is 3. The van der Waals surface area contributed by atoms with Crippen molar-refractivity contribution in [3.05, 3.63) is 0 Å². The lowest BCUT2D eigenvalue weighted by atomic mass is 9.78. The van der Waals surface area contributed by atoms with Gasteiger partial charge in [-0.1, -0.05) is 13.8 Å². The monoisotopic (exact) mass is 253 g/mol. The molecule has 0 amide bonds. The predicted octanol–water partition coefficient (Wildman–Crippen LogP) is 1.69. The minimum atomic E-state index is 0.315. The summed E-state index contributed by atoms with van der Waals surface area (Å²) in [5.74, 6) is 0.845. The Balaban J connectivity index is 1.79. The van der Waals surface area contributed by atoms with E-state index in [-0.39, 0.29) is 0 Å². The highest BCUT2D eigenvalue weighted by molar-refractivity contribution is 4.95. The molecule has 2 atom stereocenters. The molecular formula is C15H31N3. The van der Waals surface area contributed by atoms with Gasteiger partial charge < -0.3 is 15.5 Å². The lowest BCUT2D eigenvalue weighted by Gasteiger charge is -2.33. The molecule has 0 radical (unpaired) electrons. The zero-order chi connectivity index (χ0) is 13.4. The quantitative estimate of drug-likeness (QED) is 0.798. The molecule has 2 unspecified atom stereocenters. The molecular weight excluding hydrogens is 222 g/mol. The summed E-state index contributed by atoms with van der Waals surface area (Å²) < 4.78 is 0. The zero-order valence-electron chi connectivity index (χ0n) is 12.8. The third-order valence-corrected chi connectivity index (χ3v) is 4.93. The van der Waals surface area contributed by atoms with Gasteiger partial charge in [-0.15, -0.1) is 0 Å². The van der Waals surface area contributed by atoms with Crippen LogP contribution in [-0.2, 0) is 0 Å². The van der Waals surface area contributed by atoms with Gasteiger partial charge in [-0.3, -0.25) is 0 Å². The smallest absolute Gasteiger partial charge is 0.0210 e. The molecule has 2 rings (SSSR count). The van der Waals surface area contributed by atoms with Crippen molar-refractivity contribution in [3.8, 4) is 0 Å². The zero-order valence-corrected chi connectivity index (χ0v) is 12.8. The lowest BCUT2D eigenvalue weighted by molar-refractivity contribution is 0.199. The first-order valence-electron chi connectivity index (χ1n) is 7.45. The van der Waals surface area contributed by atoms with E-state index in [1.54, 1.807) is 0 Å². The second-order valence-electron chi connectivity index (χ2n) is 7.78. The fourth-order valence-electron chi connectivity index (χ4n) is 3.43. The Bertz CT molecular complexity index is 285. The van der Waals surface area contributed by atoms with Crippen molar-refractivity contribution in [1.82, 2.24) is 15.5 Å². The maximum Gasteiger partial charge on any atom is 0.0210 e. The molecule has 3 heteroatoms. The van der Waals surface area contributed by atoms with Gasteiger partial charge >= 0.3 is 0 Å². The maximum absolute atomic E-state index is 3.79. The van der Waals surface area contributed by atoms with E-state index in [4.69, 9.17) is 0 Å². The van der Waals surface area contributed by atoms with Gasteiger partial charge in [-0.05, 0) is 51.6 Å². The SMILES string of the molecule is CN1CCC(C(C)(C)CNC2CNC(C)(C)C2)C1. The van der Waals surface area contributed by atoms with E-state index in [2.05, 4.69) is 50.3 Å². The molecule has 0 saturated carbocycles. The van der Waals surface area contributed by atoms with Gasteiger partial charge in [0, 0.05) is 31.2 Å². The van der Waals surface area contributed by atoms with Crippen LogP contribution in [0.15, 0.2) is 0 Å². The summed E-state index contributed by atoms with van der Waals surface area (Å²) in [6.45, 7) is 14.3. The molecule has 0 aromatic carbocycles. The summed E-state index contributed by atoms with van der Waals surface area (Å²) in [7, 11) is 2.24. The van der Waals surface area contributed by atoms with Crippen LogP contribution < -0.4 is 10.6 Å². The van der Waals surface area contributed by atoms with Gasteiger partial charge in [0.25, 0.3) is 0 Å². The number of rotatable bonds is 4. The Hall–Kier alpha value is -0.120. The fraction of sp³-hybridized carbons (Fsp3) is 1.00. The van der Waals surface area contributed by atoms with Gasteiger partial charge in [-0.25, -0.2) is 0 Å². The lowest BCUT2D eigenvalue weighted by Crippen LogP contribution is -2.42. The second-order valence-corrected chi connectivity index (χ2v) is 7.78. The highest BCUT2D eigenvalue weighted by Crippen LogP contribution is 2.33. The maximum atomic E-state index is 3.79. The molecule has 0 bridgehead atoms. The highest BCUT2D eigenvalue weighted by Gasteiger charge is 2.36. The molecule has 18 heavy (non-hydrogen) atoms. The van der Waals surface area contributed by atoms with E-state index in [1.807, 2.05) is 0 Å². The average molecular weight is 253 g/mol. The third-order valence-electron chi connectivity index (χ3n) is 4.93. The Labute approximate surface area is 113 Å². The molecule has 3 nitrogen and oxygen atoms in total. The summed E-state index contributed by atoms with van der Waals surface area (Å²) in [4.78, 5) is 2.46. The van der Waals surface area contributed by atoms with E-state index in [0.29, 0.717) is 17.0 Å². The van der Waals surface area contributed by atoms with E-state index < -0.39 is 0 Å². The summed E-state index contributed by atoms with van der Waals surface area (Å²) in [5.41, 5.74) is 0.729. The van der Waals surface area contributed by atoms with Crippen LogP contribution in [0, 0.1) is 11.3 Å². The van der Waals surface area contributed by atoms with Gasteiger partial charge in [0.05, 0.1) is 0 Å². The Morgan fingerprint density at radius 2 is 2.11 bits per heavy atom. The first-order valence-corrected chi connectivity index (χ1v) is 7.45. The third kappa shape index (κ3) is 3.46. The molecule has 0 spiro atoms. The minimum absolute atomic E-state index is 0.315. The largest absolute Gasteiger partial charge is 0.312 e. The molecule has 2 heterocycles. The van der Waals surface area contributed by atoms with Crippen LogP contribution in [0.5, 0.6) is 0 Å². The van der Waals surface area contributed by atoms with Gasteiger partial charge in [0.2, 0.25) is 0 Å². The van der Waals surface area contributed by atoms with Crippen molar-refractivity contribution >= 4 is 0 Å². The van der Waals surface area contributed by atoms with Crippen LogP contribution in [0.2, 0.25) is 0 Å². The van der Waals surface area contributed by atoms with Crippen molar-refractivity contribution in [2.75, 3.05) is 33.2 Å². The predicted molar refractivity (Wildman–Crippen MR) is 77.9 cm³/mol. The fourth-order valence-corrected chi connectivity index (χ4v) is 3.43. The molecule has 0 aliphatic carbocycles. The Morgan fingerprint density at radius 1 is 1.39 bits per heavy atom. The Morgan fingerprint density at radius 3 is 2.61 bits per heavy atom. The molecule has 2 aliphatic rings. The van der Waals surface area contributed by atoms with E-state index in [9.17, 15) is 0 Å². The van der Waals surface area contributed by atoms with Crippen molar-refractivity contribution in [2.24, 2.45) is 11.3 Å². The number of nitrogens with zero attached hydrogens (tertiary/aromatic N) is 1. The van der Waals surface area contributed by atoms with Gasteiger partial charge in [-0.2, -0.15) is 0 Å². The summed E-state index contributed by atoms with van der Waals surface area (Å²) in [5, 5.41) is 7.38. The molecule has 106 valence electrons.